The highest BCUT2D eigenvalue weighted by atomic mass is 15.4. The number of nitrogens with one attached hydrogen (secondary N) is 3. The van der Waals surface area contributed by atoms with Crippen molar-refractivity contribution in [3.05, 3.63) is 47.2 Å². The van der Waals surface area contributed by atoms with Gasteiger partial charge in [-0.25, -0.2) is 9.67 Å². The third kappa shape index (κ3) is 4.13. The second-order valence-electron chi connectivity index (χ2n) is 8.16. The first-order chi connectivity index (χ1) is 14.0. The highest BCUT2D eigenvalue weighted by Crippen LogP contribution is 2.21. The molecule has 0 bridgehead atoms. The van der Waals surface area contributed by atoms with Crippen LogP contribution in [-0.2, 0) is 19.4 Å². The second kappa shape index (κ2) is 8.27. The normalized spacial score (nSPS) is 17.0. The van der Waals surface area contributed by atoms with Gasteiger partial charge in [-0.3, -0.25) is 4.99 Å². The predicted molar refractivity (Wildman–Crippen MR) is 117 cm³/mol. The van der Waals surface area contributed by atoms with Crippen molar-refractivity contribution in [1.29, 1.82) is 0 Å². The molecular formula is C22H31N7. The van der Waals surface area contributed by atoms with Crippen LogP contribution in [0.15, 0.2) is 29.4 Å². The van der Waals surface area contributed by atoms with Crippen molar-refractivity contribution in [1.82, 2.24) is 30.4 Å². The average Bonchev–Trinajstić information content (AvgIpc) is 3.32. The van der Waals surface area contributed by atoms with Gasteiger partial charge in [-0.05, 0) is 30.9 Å². The van der Waals surface area contributed by atoms with Crippen LogP contribution in [-0.4, -0.2) is 45.3 Å². The predicted octanol–water partition coefficient (Wildman–Crippen LogP) is 2.91. The van der Waals surface area contributed by atoms with E-state index < -0.39 is 0 Å². The Morgan fingerprint density at radius 3 is 3.03 bits per heavy atom. The molecule has 7 nitrogen and oxygen atoms in total. The fraction of sp³-hybridized carbons (Fsp3) is 0.500. The average molecular weight is 394 g/mol. The van der Waals surface area contributed by atoms with Crippen molar-refractivity contribution in [2.45, 2.75) is 58.5 Å². The van der Waals surface area contributed by atoms with Crippen LogP contribution >= 0.6 is 0 Å². The minimum atomic E-state index is 0.311. The van der Waals surface area contributed by atoms with Crippen molar-refractivity contribution < 1.29 is 0 Å². The molecule has 1 aromatic carbocycles. The first-order valence-corrected chi connectivity index (χ1v) is 10.5. The summed E-state index contributed by atoms with van der Waals surface area (Å²) in [5.41, 5.74) is 3.85. The van der Waals surface area contributed by atoms with Gasteiger partial charge in [0.25, 0.3) is 0 Å². The largest absolute Gasteiger partial charge is 0.361 e. The molecule has 1 atom stereocenters. The summed E-state index contributed by atoms with van der Waals surface area (Å²) in [5.74, 6) is 3.25. The number of fused-ring (bicyclic) bond motifs is 2. The zero-order valence-electron chi connectivity index (χ0n) is 17.8. The highest BCUT2D eigenvalue weighted by molar-refractivity contribution is 5.86. The lowest BCUT2D eigenvalue weighted by Crippen LogP contribution is -2.47. The molecule has 1 aliphatic heterocycles. The number of benzene rings is 1. The van der Waals surface area contributed by atoms with E-state index in [4.69, 9.17) is 0 Å². The molecular weight excluding hydrogens is 362 g/mol. The summed E-state index contributed by atoms with van der Waals surface area (Å²) in [5, 5.41) is 13.0. The molecule has 4 rings (SSSR count). The number of nitrogens with zero attached hydrogens (tertiary/aromatic N) is 4. The number of hydrogen-bond donors (Lipinski definition) is 3. The van der Waals surface area contributed by atoms with E-state index in [0.717, 1.165) is 50.0 Å². The summed E-state index contributed by atoms with van der Waals surface area (Å²) >= 11 is 0. The fourth-order valence-electron chi connectivity index (χ4n) is 3.96. The topological polar surface area (TPSA) is 82.9 Å². The number of aliphatic imine (C=N–C) groups is 1. The summed E-state index contributed by atoms with van der Waals surface area (Å²) in [6, 6.07) is 6.76. The van der Waals surface area contributed by atoms with Crippen molar-refractivity contribution in [3.63, 3.8) is 0 Å². The summed E-state index contributed by atoms with van der Waals surface area (Å²) in [6.45, 7) is 8.08. The maximum atomic E-state index is 4.67. The maximum Gasteiger partial charge on any atom is 0.191 e. The quantitative estimate of drug-likeness (QED) is 0.460. The number of rotatable bonds is 5. The molecule has 0 spiro atoms. The maximum absolute atomic E-state index is 4.67. The van der Waals surface area contributed by atoms with Crippen molar-refractivity contribution in [2.75, 3.05) is 13.6 Å². The Hall–Kier alpha value is -2.83. The van der Waals surface area contributed by atoms with Gasteiger partial charge < -0.3 is 15.6 Å². The van der Waals surface area contributed by atoms with Crippen molar-refractivity contribution >= 4 is 16.9 Å². The van der Waals surface area contributed by atoms with Crippen LogP contribution < -0.4 is 10.6 Å². The van der Waals surface area contributed by atoms with E-state index in [9.17, 15) is 0 Å². The molecule has 1 aliphatic rings. The van der Waals surface area contributed by atoms with Gasteiger partial charge >= 0.3 is 0 Å². The summed E-state index contributed by atoms with van der Waals surface area (Å²) < 4.78 is 2.05. The van der Waals surface area contributed by atoms with E-state index in [1.165, 1.54) is 22.0 Å². The fourth-order valence-corrected chi connectivity index (χ4v) is 3.96. The number of guanidine groups is 1. The zero-order valence-corrected chi connectivity index (χ0v) is 17.8. The number of aromatic nitrogens is 4. The molecule has 1 unspecified atom stereocenters. The molecule has 0 saturated heterocycles. The van der Waals surface area contributed by atoms with Gasteiger partial charge in [0.15, 0.2) is 11.8 Å². The lowest BCUT2D eigenvalue weighted by molar-refractivity contribution is 0.391. The first kappa shape index (κ1) is 19.5. The molecule has 0 amide bonds. The molecule has 3 N–H and O–H groups in total. The third-order valence-corrected chi connectivity index (χ3v) is 5.65. The Bertz CT molecular complexity index is 1010. The number of hydrogen-bond acceptors (Lipinski definition) is 3. The van der Waals surface area contributed by atoms with Crippen LogP contribution in [0.1, 0.15) is 49.0 Å². The van der Waals surface area contributed by atoms with Gasteiger partial charge in [-0.15, -0.1) is 0 Å². The van der Waals surface area contributed by atoms with E-state index in [1.54, 1.807) is 0 Å². The Morgan fingerprint density at radius 1 is 1.38 bits per heavy atom. The van der Waals surface area contributed by atoms with E-state index in [2.05, 4.69) is 80.5 Å². The lowest BCUT2D eigenvalue weighted by Gasteiger charge is -2.25. The Balaban J connectivity index is 1.32. The van der Waals surface area contributed by atoms with Crippen LogP contribution in [0.3, 0.4) is 0 Å². The van der Waals surface area contributed by atoms with Gasteiger partial charge in [0.1, 0.15) is 5.82 Å². The molecule has 2 aromatic heterocycles. The Morgan fingerprint density at radius 2 is 2.24 bits per heavy atom. The van der Waals surface area contributed by atoms with Crippen molar-refractivity contribution in [3.8, 4) is 0 Å². The summed E-state index contributed by atoms with van der Waals surface area (Å²) in [4.78, 5) is 12.5. The molecule has 7 heteroatoms. The van der Waals surface area contributed by atoms with Crippen LogP contribution in [0.5, 0.6) is 0 Å². The molecule has 0 fully saturated rings. The monoisotopic (exact) mass is 393 g/mol. The molecule has 29 heavy (non-hydrogen) atoms. The van der Waals surface area contributed by atoms with E-state index in [-0.39, 0.29) is 0 Å². The van der Waals surface area contributed by atoms with Crippen LogP contribution in [0.2, 0.25) is 0 Å². The number of aromatic amines is 1. The minimum absolute atomic E-state index is 0.311. The zero-order chi connectivity index (χ0) is 20.4. The van der Waals surface area contributed by atoms with Crippen LogP contribution in [0, 0.1) is 6.92 Å². The SMILES string of the molecule is CN=C(NCCc1c[nH]c2c(C)cccc12)NC1CCc2nc(C(C)C)nn2C1. The lowest BCUT2D eigenvalue weighted by atomic mass is 10.1. The van der Waals surface area contributed by atoms with E-state index in [1.807, 2.05) is 7.05 Å². The Kier molecular flexibility index (Phi) is 5.56. The first-order valence-electron chi connectivity index (χ1n) is 10.5. The van der Waals surface area contributed by atoms with Gasteiger partial charge in [-0.1, -0.05) is 32.0 Å². The van der Waals surface area contributed by atoms with Crippen LogP contribution in [0.4, 0.5) is 0 Å². The molecule has 154 valence electrons. The molecule has 3 heterocycles. The van der Waals surface area contributed by atoms with Crippen LogP contribution in [0.25, 0.3) is 10.9 Å². The van der Waals surface area contributed by atoms with Gasteiger partial charge in [0, 0.05) is 49.1 Å². The van der Waals surface area contributed by atoms with Gasteiger partial charge in [0.05, 0.1) is 6.54 Å². The Labute approximate surface area is 172 Å². The van der Waals surface area contributed by atoms with E-state index in [0.29, 0.717) is 12.0 Å². The molecule has 3 aromatic rings. The third-order valence-electron chi connectivity index (χ3n) is 5.65. The summed E-state index contributed by atoms with van der Waals surface area (Å²) in [7, 11) is 1.82. The number of para-hydroxylation sites is 1. The molecule has 0 saturated carbocycles. The molecule has 0 aliphatic carbocycles. The van der Waals surface area contributed by atoms with Gasteiger partial charge in [-0.2, -0.15) is 5.10 Å². The van der Waals surface area contributed by atoms with Gasteiger partial charge in [0.2, 0.25) is 0 Å². The number of H-pyrrole nitrogens is 1. The highest BCUT2D eigenvalue weighted by Gasteiger charge is 2.23. The number of aryl methyl sites for hydroxylation is 2. The summed E-state index contributed by atoms with van der Waals surface area (Å²) in [6.07, 6.45) is 5.05. The van der Waals surface area contributed by atoms with E-state index >= 15 is 0 Å². The smallest absolute Gasteiger partial charge is 0.191 e. The minimum Gasteiger partial charge on any atom is -0.361 e. The molecule has 0 radical (unpaired) electrons. The standard InChI is InChI=1S/C22H31N7/c1-14(2)21-27-19-9-8-17(13-29(19)28-21)26-22(23-4)24-11-10-16-12-25-20-15(3)6-5-7-18(16)20/h5-7,12,14,17,25H,8-11,13H2,1-4H3,(H2,23,24,26). The second-order valence-corrected chi connectivity index (χ2v) is 8.16. The van der Waals surface area contributed by atoms with Crippen molar-refractivity contribution in [2.24, 2.45) is 4.99 Å².